The van der Waals surface area contributed by atoms with Crippen molar-refractivity contribution in [3.63, 3.8) is 0 Å². The van der Waals surface area contributed by atoms with Crippen LogP contribution in [-0.2, 0) is 0 Å². The van der Waals surface area contributed by atoms with Crippen molar-refractivity contribution in [2.24, 2.45) is 0 Å². The Morgan fingerprint density at radius 3 is 1.81 bits per heavy atom. The van der Waals surface area contributed by atoms with Gasteiger partial charge >= 0.3 is 0 Å². The molecule has 1 heterocycles. The van der Waals surface area contributed by atoms with Gasteiger partial charge in [-0.2, -0.15) is 9.97 Å². The van der Waals surface area contributed by atoms with Gasteiger partial charge in [-0.1, -0.05) is 109 Å². The Bertz CT molecular complexity index is 1950. The van der Waals surface area contributed by atoms with Gasteiger partial charge in [0.1, 0.15) is 0 Å². The molecule has 0 saturated heterocycles. The van der Waals surface area contributed by atoms with E-state index in [9.17, 15) is 0 Å². The van der Waals surface area contributed by atoms with Gasteiger partial charge in [-0.05, 0) is 67.2 Å². The molecule has 0 aliphatic rings. The van der Waals surface area contributed by atoms with Gasteiger partial charge in [0, 0.05) is 11.1 Å². The van der Waals surface area contributed by atoms with Crippen LogP contribution in [0.15, 0.2) is 121 Å². The van der Waals surface area contributed by atoms with Crippen molar-refractivity contribution >= 4 is 43.9 Å². The van der Waals surface area contributed by atoms with E-state index in [0.29, 0.717) is 11.6 Å². The predicted molar refractivity (Wildman–Crippen MR) is 154 cm³/mol. The van der Waals surface area contributed by atoms with E-state index in [-0.39, 0.29) is 5.28 Å². The molecule has 0 unspecified atom stereocenters. The highest BCUT2D eigenvalue weighted by Gasteiger charge is 2.13. The number of benzene rings is 6. The summed E-state index contributed by atoms with van der Waals surface area (Å²) in [6, 6.07) is 42.1. The molecule has 0 saturated carbocycles. The van der Waals surface area contributed by atoms with Gasteiger partial charge in [0.05, 0.1) is 0 Å². The molecule has 1 aromatic heterocycles. The monoisotopic (exact) mass is 493 g/mol. The molecule has 0 N–H and O–H groups in total. The van der Waals surface area contributed by atoms with Crippen molar-refractivity contribution in [3.8, 4) is 33.9 Å². The fourth-order valence-electron chi connectivity index (χ4n) is 5.02. The topological polar surface area (TPSA) is 38.7 Å². The Morgan fingerprint density at radius 2 is 1.00 bits per heavy atom. The fourth-order valence-corrected chi connectivity index (χ4v) is 5.18. The van der Waals surface area contributed by atoms with Gasteiger partial charge in [-0.3, -0.25) is 0 Å². The van der Waals surface area contributed by atoms with Crippen molar-refractivity contribution in [1.29, 1.82) is 0 Å². The van der Waals surface area contributed by atoms with Crippen LogP contribution >= 0.6 is 11.6 Å². The summed E-state index contributed by atoms with van der Waals surface area (Å²) in [5.74, 6) is 1.12. The minimum Gasteiger partial charge on any atom is -0.208 e. The van der Waals surface area contributed by atoms with Crippen LogP contribution in [0.3, 0.4) is 0 Å². The number of halogens is 1. The van der Waals surface area contributed by atoms with Gasteiger partial charge in [-0.25, -0.2) is 4.98 Å². The summed E-state index contributed by atoms with van der Waals surface area (Å²) in [5, 5.41) is 7.35. The summed E-state index contributed by atoms with van der Waals surface area (Å²) in [7, 11) is 0. The van der Waals surface area contributed by atoms with E-state index in [1.807, 2.05) is 42.5 Å². The number of fused-ring (bicyclic) bond motifs is 4. The molecule has 0 aliphatic heterocycles. The minimum atomic E-state index is 0.179. The third-order valence-corrected chi connectivity index (χ3v) is 7.01. The third kappa shape index (κ3) is 3.90. The SMILES string of the molecule is Clc1nc(-c2ccccc2)nc(-c2cccc3ccc(-c4ccc5ccc6ccccc6c5c4)cc23)n1. The number of hydrogen-bond acceptors (Lipinski definition) is 3. The lowest BCUT2D eigenvalue weighted by atomic mass is 9.95. The van der Waals surface area contributed by atoms with E-state index in [1.54, 1.807) is 0 Å². The van der Waals surface area contributed by atoms with E-state index in [1.165, 1.54) is 27.1 Å². The van der Waals surface area contributed by atoms with Crippen molar-refractivity contribution < 1.29 is 0 Å². The molecular formula is C33H20ClN3. The summed E-state index contributed by atoms with van der Waals surface area (Å²) in [4.78, 5) is 13.7. The summed E-state index contributed by atoms with van der Waals surface area (Å²) >= 11 is 6.37. The lowest BCUT2D eigenvalue weighted by Gasteiger charge is -2.11. The van der Waals surface area contributed by atoms with Crippen LogP contribution in [0.1, 0.15) is 0 Å². The molecule has 0 fully saturated rings. The Labute approximate surface area is 219 Å². The van der Waals surface area contributed by atoms with Gasteiger partial charge < -0.3 is 0 Å². The average Bonchev–Trinajstić information content (AvgIpc) is 2.96. The molecule has 6 aromatic carbocycles. The predicted octanol–water partition coefficient (Wildman–Crippen LogP) is 8.99. The maximum atomic E-state index is 6.37. The Hall–Kier alpha value is -4.60. The second kappa shape index (κ2) is 8.81. The largest absolute Gasteiger partial charge is 0.226 e. The van der Waals surface area contributed by atoms with E-state index in [2.05, 4.69) is 88.8 Å². The zero-order chi connectivity index (χ0) is 24.8. The number of aromatic nitrogens is 3. The van der Waals surface area contributed by atoms with Gasteiger partial charge in [0.25, 0.3) is 0 Å². The molecule has 3 nitrogen and oxygen atoms in total. The molecule has 37 heavy (non-hydrogen) atoms. The summed E-state index contributed by atoms with van der Waals surface area (Å²) in [6.45, 7) is 0. The Kier molecular flexibility index (Phi) is 5.16. The van der Waals surface area contributed by atoms with E-state index in [0.717, 1.165) is 27.5 Å². The van der Waals surface area contributed by atoms with Crippen molar-refractivity contribution in [2.75, 3.05) is 0 Å². The average molecular weight is 494 g/mol. The van der Waals surface area contributed by atoms with Crippen molar-refractivity contribution in [1.82, 2.24) is 15.0 Å². The summed E-state index contributed by atoms with van der Waals surface area (Å²) < 4.78 is 0. The highest BCUT2D eigenvalue weighted by atomic mass is 35.5. The number of nitrogens with zero attached hydrogens (tertiary/aromatic N) is 3. The molecule has 7 aromatic rings. The minimum absolute atomic E-state index is 0.179. The van der Waals surface area contributed by atoms with Crippen LogP contribution in [0, 0.1) is 0 Å². The van der Waals surface area contributed by atoms with Crippen LogP contribution < -0.4 is 0 Å². The zero-order valence-electron chi connectivity index (χ0n) is 19.8. The normalized spacial score (nSPS) is 11.4. The second-order valence-corrected chi connectivity index (χ2v) is 9.42. The maximum absolute atomic E-state index is 6.37. The van der Waals surface area contributed by atoms with Crippen LogP contribution in [0.4, 0.5) is 0 Å². The molecule has 0 aliphatic carbocycles. The summed E-state index contributed by atoms with van der Waals surface area (Å²) in [6.07, 6.45) is 0. The zero-order valence-corrected chi connectivity index (χ0v) is 20.5. The van der Waals surface area contributed by atoms with E-state index < -0.39 is 0 Å². The highest BCUT2D eigenvalue weighted by molar-refractivity contribution is 6.28. The highest BCUT2D eigenvalue weighted by Crippen LogP contribution is 2.34. The molecular weight excluding hydrogens is 474 g/mol. The van der Waals surface area contributed by atoms with Crippen molar-refractivity contribution in [3.05, 3.63) is 127 Å². The molecule has 0 spiro atoms. The van der Waals surface area contributed by atoms with Gasteiger partial charge in [0.2, 0.25) is 5.28 Å². The second-order valence-electron chi connectivity index (χ2n) is 9.08. The van der Waals surface area contributed by atoms with Crippen LogP contribution in [0.25, 0.3) is 66.2 Å². The number of hydrogen-bond donors (Lipinski definition) is 0. The first-order valence-electron chi connectivity index (χ1n) is 12.1. The van der Waals surface area contributed by atoms with E-state index in [4.69, 9.17) is 16.6 Å². The quantitative estimate of drug-likeness (QED) is 0.230. The molecule has 4 heteroatoms. The molecule has 0 amide bonds. The van der Waals surface area contributed by atoms with Crippen LogP contribution in [0.5, 0.6) is 0 Å². The lowest BCUT2D eigenvalue weighted by molar-refractivity contribution is 1.07. The molecule has 0 bridgehead atoms. The van der Waals surface area contributed by atoms with Crippen molar-refractivity contribution in [2.45, 2.75) is 0 Å². The first-order valence-corrected chi connectivity index (χ1v) is 12.5. The maximum Gasteiger partial charge on any atom is 0.226 e. The first kappa shape index (κ1) is 21.7. The van der Waals surface area contributed by atoms with Gasteiger partial charge in [-0.15, -0.1) is 0 Å². The standard InChI is InChI=1S/C33H20ClN3/c34-33-36-31(24-8-2-1-3-9-24)35-32(37-33)28-12-6-10-22-15-17-26(20-30(22)28)25-18-16-23-14-13-21-7-4-5-11-27(21)29(23)19-25/h1-20H. The first-order chi connectivity index (χ1) is 18.2. The lowest BCUT2D eigenvalue weighted by Crippen LogP contribution is -1.97. The Balaban J connectivity index is 1.40. The molecule has 0 radical (unpaired) electrons. The van der Waals surface area contributed by atoms with Gasteiger partial charge in [0.15, 0.2) is 11.6 Å². The van der Waals surface area contributed by atoms with E-state index >= 15 is 0 Å². The smallest absolute Gasteiger partial charge is 0.208 e. The Morgan fingerprint density at radius 1 is 0.405 bits per heavy atom. The van der Waals surface area contributed by atoms with Crippen LogP contribution in [-0.4, -0.2) is 15.0 Å². The molecule has 0 atom stereocenters. The summed E-state index contributed by atoms with van der Waals surface area (Å²) in [5.41, 5.74) is 4.13. The number of rotatable bonds is 3. The fraction of sp³-hybridized carbons (Fsp3) is 0. The molecule has 174 valence electrons. The van der Waals surface area contributed by atoms with Crippen LogP contribution in [0.2, 0.25) is 5.28 Å². The molecule has 7 rings (SSSR count). The third-order valence-electron chi connectivity index (χ3n) is 6.84.